The SMILES string of the molecule is CC(=O)Nc1cc(C)c(-c2csc(N)n2)s1. The van der Waals surface area contributed by atoms with Crippen molar-refractivity contribution in [1.82, 2.24) is 4.98 Å². The molecule has 2 aromatic rings. The fraction of sp³-hybridized carbons (Fsp3) is 0.200. The number of hydrogen-bond acceptors (Lipinski definition) is 5. The number of aromatic nitrogens is 1. The van der Waals surface area contributed by atoms with E-state index in [2.05, 4.69) is 10.3 Å². The lowest BCUT2D eigenvalue weighted by molar-refractivity contribution is -0.114. The molecule has 0 saturated heterocycles. The Hall–Kier alpha value is -1.40. The van der Waals surface area contributed by atoms with Gasteiger partial charge in [0.1, 0.15) is 0 Å². The quantitative estimate of drug-likeness (QED) is 0.864. The van der Waals surface area contributed by atoms with Crippen LogP contribution in [0.25, 0.3) is 10.6 Å². The van der Waals surface area contributed by atoms with E-state index in [0.29, 0.717) is 5.13 Å². The van der Waals surface area contributed by atoms with E-state index in [1.807, 2.05) is 18.4 Å². The summed E-state index contributed by atoms with van der Waals surface area (Å²) in [6.45, 7) is 3.49. The molecule has 84 valence electrons. The Balaban J connectivity index is 2.35. The van der Waals surface area contributed by atoms with Gasteiger partial charge < -0.3 is 11.1 Å². The van der Waals surface area contributed by atoms with Gasteiger partial charge in [-0.15, -0.1) is 22.7 Å². The summed E-state index contributed by atoms with van der Waals surface area (Å²) in [6, 6.07) is 1.94. The Morgan fingerprint density at radius 2 is 2.31 bits per heavy atom. The highest BCUT2D eigenvalue weighted by Crippen LogP contribution is 2.36. The highest BCUT2D eigenvalue weighted by Gasteiger charge is 2.11. The molecule has 4 nitrogen and oxygen atoms in total. The molecule has 0 spiro atoms. The predicted octanol–water partition coefficient (Wildman–Crippen LogP) is 2.72. The average molecular weight is 253 g/mol. The maximum absolute atomic E-state index is 10.9. The van der Waals surface area contributed by atoms with Crippen LogP contribution in [0.2, 0.25) is 0 Å². The van der Waals surface area contributed by atoms with Crippen molar-refractivity contribution in [3.8, 4) is 10.6 Å². The van der Waals surface area contributed by atoms with Gasteiger partial charge in [0.25, 0.3) is 0 Å². The Morgan fingerprint density at radius 3 is 2.88 bits per heavy atom. The number of amides is 1. The fourth-order valence-corrected chi connectivity index (χ4v) is 3.07. The van der Waals surface area contributed by atoms with Gasteiger partial charge in [-0.3, -0.25) is 4.79 Å². The molecule has 0 radical (unpaired) electrons. The van der Waals surface area contributed by atoms with E-state index in [1.165, 1.54) is 29.6 Å². The first-order valence-corrected chi connectivity index (χ1v) is 6.35. The molecule has 0 bridgehead atoms. The van der Waals surface area contributed by atoms with Crippen LogP contribution in [0, 0.1) is 6.92 Å². The Labute approximate surface area is 101 Å². The van der Waals surface area contributed by atoms with E-state index >= 15 is 0 Å². The van der Waals surface area contributed by atoms with Crippen molar-refractivity contribution in [1.29, 1.82) is 0 Å². The summed E-state index contributed by atoms with van der Waals surface area (Å²) in [5.74, 6) is -0.0643. The molecule has 3 N–H and O–H groups in total. The second kappa shape index (κ2) is 4.23. The number of thiophene rings is 1. The summed E-state index contributed by atoms with van der Waals surface area (Å²) in [6.07, 6.45) is 0. The molecule has 0 aromatic carbocycles. The van der Waals surface area contributed by atoms with Crippen molar-refractivity contribution >= 4 is 38.7 Å². The fourth-order valence-electron chi connectivity index (χ4n) is 1.36. The number of carbonyl (C=O) groups is 1. The largest absolute Gasteiger partial charge is 0.375 e. The predicted molar refractivity (Wildman–Crippen MR) is 68.9 cm³/mol. The van der Waals surface area contributed by atoms with Crippen molar-refractivity contribution in [3.05, 3.63) is 17.0 Å². The number of nitrogens with one attached hydrogen (secondary N) is 1. The highest BCUT2D eigenvalue weighted by molar-refractivity contribution is 7.20. The minimum Gasteiger partial charge on any atom is -0.375 e. The van der Waals surface area contributed by atoms with Gasteiger partial charge in [0, 0.05) is 12.3 Å². The summed E-state index contributed by atoms with van der Waals surface area (Å²) in [7, 11) is 0. The third kappa shape index (κ3) is 2.23. The molecule has 1 amide bonds. The molecule has 16 heavy (non-hydrogen) atoms. The topological polar surface area (TPSA) is 68.0 Å². The van der Waals surface area contributed by atoms with Crippen LogP contribution in [0.1, 0.15) is 12.5 Å². The summed E-state index contributed by atoms with van der Waals surface area (Å²) < 4.78 is 0. The monoisotopic (exact) mass is 253 g/mol. The van der Waals surface area contributed by atoms with Gasteiger partial charge in [0.15, 0.2) is 5.13 Å². The van der Waals surface area contributed by atoms with E-state index in [9.17, 15) is 4.79 Å². The first kappa shape index (κ1) is 11.1. The highest BCUT2D eigenvalue weighted by atomic mass is 32.1. The van der Waals surface area contributed by atoms with Crippen LogP contribution < -0.4 is 11.1 Å². The van der Waals surface area contributed by atoms with Gasteiger partial charge in [-0.25, -0.2) is 4.98 Å². The number of hydrogen-bond donors (Lipinski definition) is 2. The zero-order valence-electron chi connectivity index (χ0n) is 8.90. The molecule has 0 saturated carbocycles. The number of rotatable bonds is 2. The van der Waals surface area contributed by atoms with Crippen molar-refractivity contribution in [2.24, 2.45) is 0 Å². The maximum Gasteiger partial charge on any atom is 0.221 e. The van der Waals surface area contributed by atoms with Gasteiger partial charge in [-0.1, -0.05) is 0 Å². The molecule has 0 aliphatic carbocycles. The minimum atomic E-state index is -0.0643. The lowest BCUT2D eigenvalue weighted by atomic mass is 10.2. The van der Waals surface area contributed by atoms with Crippen LogP contribution >= 0.6 is 22.7 Å². The van der Waals surface area contributed by atoms with Gasteiger partial charge in [0.05, 0.1) is 15.6 Å². The summed E-state index contributed by atoms with van der Waals surface area (Å²) in [5.41, 5.74) is 7.57. The van der Waals surface area contributed by atoms with Crippen LogP contribution in [-0.2, 0) is 4.79 Å². The smallest absolute Gasteiger partial charge is 0.221 e. The summed E-state index contributed by atoms with van der Waals surface area (Å²) in [5, 5.41) is 6.09. The van der Waals surface area contributed by atoms with Crippen molar-refractivity contribution in [2.75, 3.05) is 11.1 Å². The molecule has 0 fully saturated rings. The standard InChI is InChI=1S/C10H11N3OS2/c1-5-3-8(12-6(2)14)16-9(5)7-4-15-10(11)13-7/h3-4H,1-2H3,(H2,11,13)(H,12,14). The summed E-state index contributed by atoms with van der Waals surface area (Å²) in [4.78, 5) is 16.2. The van der Waals surface area contributed by atoms with Crippen molar-refractivity contribution in [2.45, 2.75) is 13.8 Å². The first-order chi connectivity index (χ1) is 7.56. The Morgan fingerprint density at radius 1 is 1.56 bits per heavy atom. The van der Waals surface area contributed by atoms with E-state index in [1.54, 1.807) is 0 Å². The molecule has 2 rings (SSSR count). The van der Waals surface area contributed by atoms with Crippen molar-refractivity contribution in [3.63, 3.8) is 0 Å². The molecule has 0 aliphatic heterocycles. The number of nitrogens with zero attached hydrogens (tertiary/aromatic N) is 1. The normalized spacial score (nSPS) is 10.4. The van der Waals surface area contributed by atoms with Crippen LogP contribution in [0.3, 0.4) is 0 Å². The number of nitrogen functional groups attached to an aromatic ring is 1. The Bertz CT molecular complexity index is 530. The van der Waals surface area contributed by atoms with Crippen LogP contribution in [0.15, 0.2) is 11.4 Å². The summed E-state index contributed by atoms with van der Waals surface area (Å²) >= 11 is 2.93. The molecule has 0 atom stereocenters. The number of nitrogens with two attached hydrogens (primary N) is 1. The van der Waals surface area contributed by atoms with Crippen molar-refractivity contribution < 1.29 is 4.79 Å². The first-order valence-electron chi connectivity index (χ1n) is 4.65. The van der Waals surface area contributed by atoms with E-state index in [0.717, 1.165) is 21.1 Å². The lowest BCUT2D eigenvalue weighted by Crippen LogP contribution is -2.03. The van der Waals surface area contributed by atoms with E-state index in [4.69, 9.17) is 5.73 Å². The van der Waals surface area contributed by atoms with Gasteiger partial charge in [-0.2, -0.15) is 0 Å². The zero-order valence-corrected chi connectivity index (χ0v) is 10.5. The number of thiazole rings is 1. The minimum absolute atomic E-state index is 0.0643. The number of aryl methyl sites for hydroxylation is 1. The van der Waals surface area contributed by atoms with Crippen LogP contribution in [-0.4, -0.2) is 10.9 Å². The molecule has 2 aromatic heterocycles. The Kier molecular flexibility index (Phi) is 2.93. The molecule has 6 heteroatoms. The second-order valence-corrected chi connectivity index (χ2v) is 5.32. The molecule has 0 unspecified atom stereocenters. The lowest BCUT2D eigenvalue weighted by Gasteiger charge is -1.94. The average Bonchev–Trinajstić information content (AvgIpc) is 2.72. The number of anilines is 2. The molecule has 0 aliphatic rings. The number of carbonyl (C=O) groups excluding carboxylic acids is 1. The zero-order chi connectivity index (χ0) is 11.7. The molecular weight excluding hydrogens is 242 g/mol. The van der Waals surface area contributed by atoms with E-state index in [-0.39, 0.29) is 5.91 Å². The molecule has 2 heterocycles. The maximum atomic E-state index is 10.9. The third-order valence-electron chi connectivity index (χ3n) is 1.97. The van der Waals surface area contributed by atoms with Gasteiger partial charge in [0.2, 0.25) is 5.91 Å². The third-order valence-corrected chi connectivity index (χ3v) is 3.82. The second-order valence-electron chi connectivity index (χ2n) is 3.37. The van der Waals surface area contributed by atoms with Gasteiger partial charge in [-0.05, 0) is 18.6 Å². The van der Waals surface area contributed by atoms with Crippen LogP contribution in [0.5, 0.6) is 0 Å². The molecular formula is C10H11N3OS2. The van der Waals surface area contributed by atoms with Crippen LogP contribution in [0.4, 0.5) is 10.1 Å². The van der Waals surface area contributed by atoms with E-state index < -0.39 is 0 Å². The van der Waals surface area contributed by atoms with Gasteiger partial charge >= 0.3 is 0 Å².